The molecule has 29 heavy (non-hydrogen) atoms. The molecule has 0 aliphatic carbocycles. The van der Waals surface area contributed by atoms with Crippen LogP contribution in [0.25, 0.3) is 15.3 Å². The first-order chi connectivity index (χ1) is 14.0. The lowest BCUT2D eigenvalue weighted by atomic mass is 9.85. The summed E-state index contributed by atoms with van der Waals surface area (Å²) in [6.45, 7) is 1.95. The lowest BCUT2D eigenvalue weighted by Crippen LogP contribution is -2.24. The first-order valence-electron chi connectivity index (χ1n) is 8.99. The van der Waals surface area contributed by atoms with Gasteiger partial charge >= 0.3 is 0 Å². The summed E-state index contributed by atoms with van der Waals surface area (Å²) in [6, 6.07) is 15.5. The number of amides is 1. The number of aromatic nitrogens is 3. The van der Waals surface area contributed by atoms with Crippen molar-refractivity contribution in [3.8, 4) is 11.2 Å². The molecule has 4 aromatic rings. The summed E-state index contributed by atoms with van der Waals surface area (Å²) in [6.07, 6.45) is 0.345. The molecular formula is C21H14BrN5OS. The Labute approximate surface area is 178 Å². The van der Waals surface area contributed by atoms with E-state index >= 15 is 0 Å². The molecule has 6 nitrogen and oxygen atoms in total. The monoisotopic (exact) mass is 463 g/mol. The summed E-state index contributed by atoms with van der Waals surface area (Å²) < 4.78 is 3.77. The van der Waals surface area contributed by atoms with Gasteiger partial charge in [0.1, 0.15) is 5.82 Å². The molecule has 1 aliphatic heterocycles. The van der Waals surface area contributed by atoms with Gasteiger partial charge in [0, 0.05) is 22.4 Å². The Bertz CT molecular complexity index is 1320. The maximum absolute atomic E-state index is 12.5. The molecule has 0 saturated heterocycles. The van der Waals surface area contributed by atoms with Crippen LogP contribution >= 0.6 is 27.3 Å². The maximum atomic E-state index is 12.5. The summed E-state index contributed by atoms with van der Waals surface area (Å²) >= 11 is 5.02. The van der Waals surface area contributed by atoms with E-state index in [-0.39, 0.29) is 11.8 Å². The average Bonchev–Trinajstić information content (AvgIpc) is 3.28. The van der Waals surface area contributed by atoms with Crippen molar-refractivity contribution in [1.29, 1.82) is 5.26 Å². The summed E-state index contributed by atoms with van der Waals surface area (Å²) in [4.78, 5) is 17.2. The zero-order valence-electron chi connectivity index (χ0n) is 15.3. The van der Waals surface area contributed by atoms with Crippen LogP contribution in [0.5, 0.6) is 0 Å². The standard InChI is InChI=1S/C21H14BrN5OS/c1-11-19-15(13-4-2-12(10-23)3-5-13)9-18(28)25-20(19)27(26-11)21-24-16-7-6-14(22)8-17(16)29-21/h2-8,15H,9H2,1H3,(H,25,28)/t15-/m0/s1. The Morgan fingerprint density at radius 1 is 1.28 bits per heavy atom. The number of hydrogen-bond donors (Lipinski definition) is 1. The Morgan fingerprint density at radius 3 is 2.83 bits per heavy atom. The van der Waals surface area contributed by atoms with Crippen LogP contribution in [-0.4, -0.2) is 20.7 Å². The third-order valence-corrected chi connectivity index (χ3v) is 6.55. The summed E-state index contributed by atoms with van der Waals surface area (Å²) in [5, 5.41) is 17.5. The fourth-order valence-corrected chi connectivity index (χ4v) is 5.21. The summed E-state index contributed by atoms with van der Waals surface area (Å²) in [5.41, 5.74) is 4.34. The smallest absolute Gasteiger partial charge is 0.226 e. The third-order valence-electron chi connectivity index (χ3n) is 5.07. The number of anilines is 1. The number of nitriles is 1. The summed E-state index contributed by atoms with van der Waals surface area (Å²) in [7, 11) is 0. The largest absolute Gasteiger partial charge is 0.310 e. The van der Waals surface area contributed by atoms with Crippen LogP contribution in [0.15, 0.2) is 46.9 Å². The van der Waals surface area contributed by atoms with Gasteiger partial charge in [-0.25, -0.2) is 4.98 Å². The molecule has 1 N–H and O–H groups in total. The van der Waals surface area contributed by atoms with Gasteiger partial charge in [0.15, 0.2) is 0 Å². The number of nitrogens with zero attached hydrogens (tertiary/aromatic N) is 4. The van der Waals surface area contributed by atoms with E-state index in [0.717, 1.165) is 31.5 Å². The van der Waals surface area contributed by atoms with E-state index in [1.165, 1.54) is 11.3 Å². The second-order valence-corrected chi connectivity index (χ2v) is 8.83. The van der Waals surface area contributed by atoms with Crippen molar-refractivity contribution in [3.05, 3.63) is 69.3 Å². The molecule has 1 amide bonds. The van der Waals surface area contributed by atoms with Crippen molar-refractivity contribution in [2.75, 3.05) is 5.32 Å². The number of carbonyl (C=O) groups excluding carboxylic acids is 1. The molecular weight excluding hydrogens is 450 g/mol. The first kappa shape index (κ1) is 18.0. The molecule has 142 valence electrons. The first-order valence-corrected chi connectivity index (χ1v) is 10.6. The number of carbonyl (C=O) groups is 1. The molecule has 0 spiro atoms. The van der Waals surface area contributed by atoms with Gasteiger partial charge in [-0.1, -0.05) is 39.4 Å². The predicted octanol–water partition coefficient (Wildman–Crippen LogP) is 4.90. The van der Waals surface area contributed by atoms with Gasteiger partial charge < -0.3 is 5.32 Å². The van der Waals surface area contributed by atoms with Crippen LogP contribution in [0.1, 0.15) is 34.7 Å². The highest BCUT2D eigenvalue weighted by atomic mass is 79.9. The Balaban J connectivity index is 1.65. The molecule has 3 heterocycles. The molecule has 0 bridgehead atoms. The van der Waals surface area contributed by atoms with Crippen LogP contribution < -0.4 is 5.32 Å². The van der Waals surface area contributed by atoms with Crippen molar-refractivity contribution in [3.63, 3.8) is 0 Å². The van der Waals surface area contributed by atoms with Crippen molar-refractivity contribution in [2.24, 2.45) is 0 Å². The van der Waals surface area contributed by atoms with Gasteiger partial charge in [-0.15, -0.1) is 0 Å². The van der Waals surface area contributed by atoms with E-state index in [9.17, 15) is 4.79 Å². The van der Waals surface area contributed by atoms with Gasteiger partial charge in [0.25, 0.3) is 0 Å². The molecule has 0 radical (unpaired) electrons. The van der Waals surface area contributed by atoms with Crippen molar-refractivity contribution in [1.82, 2.24) is 14.8 Å². The van der Waals surface area contributed by atoms with E-state index in [2.05, 4.69) is 27.3 Å². The van der Waals surface area contributed by atoms with Crippen LogP contribution in [0.4, 0.5) is 5.82 Å². The molecule has 1 aliphatic rings. The van der Waals surface area contributed by atoms with Gasteiger partial charge in [0.05, 0.1) is 27.5 Å². The second kappa shape index (κ2) is 6.79. The molecule has 0 unspecified atom stereocenters. The number of hydrogen-bond acceptors (Lipinski definition) is 5. The number of rotatable bonds is 2. The number of aryl methyl sites for hydroxylation is 1. The molecule has 1 atom stereocenters. The van der Waals surface area contributed by atoms with E-state index in [1.54, 1.807) is 16.8 Å². The van der Waals surface area contributed by atoms with Crippen LogP contribution in [0, 0.1) is 18.3 Å². The summed E-state index contributed by atoms with van der Waals surface area (Å²) in [5.74, 6) is 0.506. The number of fused-ring (bicyclic) bond motifs is 2. The van der Waals surface area contributed by atoms with E-state index in [0.29, 0.717) is 22.9 Å². The Hall–Kier alpha value is -3.02. The lowest BCUT2D eigenvalue weighted by molar-refractivity contribution is -0.116. The number of halogens is 1. The normalized spacial score (nSPS) is 15.8. The fourth-order valence-electron chi connectivity index (χ4n) is 3.74. The highest BCUT2D eigenvalue weighted by molar-refractivity contribution is 9.10. The van der Waals surface area contributed by atoms with Gasteiger partial charge in [-0.05, 0) is 42.8 Å². The quantitative estimate of drug-likeness (QED) is 0.458. The third kappa shape index (κ3) is 3.03. The highest BCUT2D eigenvalue weighted by Gasteiger charge is 2.33. The minimum Gasteiger partial charge on any atom is -0.310 e. The Morgan fingerprint density at radius 2 is 2.07 bits per heavy atom. The van der Waals surface area contributed by atoms with Crippen LogP contribution in [0.2, 0.25) is 0 Å². The SMILES string of the molecule is Cc1nn(-c2nc3ccc(Br)cc3s2)c2c1[C@H](c1ccc(C#N)cc1)CC(=O)N2. The molecule has 2 aromatic heterocycles. The maximum Gasteiger partial charge on any atom is 0.226 e. The van der Waals surface area contributed by atoms with E-state index in [4.69, 9.17) is 15.3 Å². The number of thiazole rings is 1. The van der Waals surface area contributed by atoms with E-state index < -0.39 is 0 Å². The zero-order valence-corrected chi connectivity index (χ0v) is 17.7. The number of benzene rings is 2. The topological polar surface area (TPSA) is 83.6 Å². The zero-order chi connectivity index (χ0) is 20.1. The molecule has 0 saturated carbocycles. The van der Waals surface area contributed by atoms with Gasteiger partial charge in [-0.2, -0.15) is 15.0 Å². The fraction of sp³-hybridized carbons (Fsp3) is 0.143. The Kier molecular flexibility index (Phi) is 4.23. The molecule has 5 rings (SSSR count). The van der Waals surface area contributed by atoms with Crippen LogP contribution in [0.3, 0.4) is 0 Å². The second-order valence-electron chi connectivity index (χ2n) is 6.91. The van der Waals surface area contributed by atoms with Gasteiger partial charge in [0.2, 0.25) is 11.0 Å². The number of nitrogens with one attached hydrogen (secondary N) is 1. The predicted molar refractivity (Wildman–Crippen MR) is 115 cm³/mol. The van der Waals surface area contributed by atoms with Crippen molar-refractivity contribution >= 4 is 49.2 Å². The minimum atomic E-state index is -0.108. The minimum absolute atomic E-state index is 0.0585. The van der Waals surface area contributed by atoms with Gasteiger partial charge in [-0.3, -0.25) is 4.79 Å². The van der Waals surface area contributed by atoms with E-state index in [1.807, 2.05) is 37.3 Å². The average molecular weight is 464 g/mol. The highest BCUT2D eigenvalue weighted by Crippen LogP contribution is 2.41. The lowest BCUT2D eigenvalue weighted by Gasteiger charge is -2.24. The van der Waals surface area contributed by atoms with Crippen LogP contribution in [-0.2, 0) is 4.79 Å². The molecule has 8 heteroatoms. The van der Waals surface area contributed by atoms with Crippen molar-refractivity contribution < 1.29 is 4.79 Å². The molecule has 2 aromatic carbocycles. The molecule has 0 fully saturated rings. The van der Waals surface area contributed by atoms with Crippen molar-refractivity contribution in [2.45, 2.75) is 19.3 Å².